The van der Waals surface area contributed by atoms with E-state index in [1.54, 1.807) is 0 Å². The minimum Gasteiger partial charge on any atom is -0.485 e. The minimum absolute atomic E-state index is 0.114. The van der Waals surface area contributed by atoms with Gasteiger partial charge in [-0.15, -0.1) is 0 Å². The second kappa shape index (κ2) is 6.78. The first-order valence-corrected chi connectivity index (χ1v) is 7.40. The predicted molar refractivity (Wildman–Crippen MR) is 75.7 cm³/mol. The van der Waals surface area contributed by atoms with Gasteiger partial charge in [-0.25, -0.2) is 0 Å². The number of para-hydroxylation sites is 2. The van der Waals surface area contributed by atoms with Crippen molar-refractivity contribution in [2.45, 2.75) is 6.10 Å². The van der Waals surface area contributed by atoms with E-state index in [0.717, 1.165) is 32.8 Å². The highest BCUT2D eigenvalue weighted by Gasteiger charge is 2.27. The van der Waals surface area contributed by atoms with Crippen molar-refractivity contribution in [3.8, 4) is 11.5 Å². The van der Waals surface area contributed by atoms with Gasteiger partial charge in [-0.2, -0.15) is 0 Å². The Balaban J connectivity index is 1.44. The summed E-state index contributed by atoms with van der Waals surface area (Å²) in [5.41, 5.74) is 0. The normalized spacial score (nSPS) is 21.8. The maximum absolute atomic E-state index is 12.1. The molecular weight excluding hydrogens is 272 g/mol. The summed E-state index contributed by atoms with van der Waals surface area (Å²) in [5.74, 6) is 1.21. The molecular formula is C15H21N2O4+. The van der Waals surface area contributed by atoms with Crippen LogP contribution in [0.25, 0.3) is 0 Å². The maximum Gasteiger partial charge on any atom is 0.264 e. The van der Waals surface area contributed by atoms with Crippen LogP contribution in [0.1, 0.15) is 0 Å². The average molecular weight is 293 g/mol. The van der Waals surface area contributed by atoms with E-state index in [1.807, 2.05) is 24.3 Å². The number of ether oxygens (including phenoxy) is 3. The van der Waals surface area contributed by atoms with Gasteiger partial charge < -0.3 is 24.4 Å². The standard InChI is InChI=1S/C15H20N2O4/c18-15(16-5-6-17-7-9-19-10-8-17)14-11-20-12-3-1-2-4-13(12)21-14/h1-4,14H,5-11H2,(H,16,18)/p+1/t14-/m0/s1. The number of carbonyl (C=O) groups is 1. The van der Waals surface area contributed by atoms with E-state index in [2.05, 4.69) is 5.32 Å². The molecule has 6 nitrogen and oxygen atoms in total. The van der Waals surface area contributed by atoms with Gasteiger partial charge in [0.2, 0.25) is 6.10 Å². The molecule has 3 rings (SSSR count). The molecule has 6 heteroatoms. The first-order valence-electron chi connectivity index (χ1n) is 7.40. The van der Waals surface area contributed by atoms with E-state index < -0.39 is 6.10 Å². The monoisotopic (exact) mass is 293 g/mol. The predicted octanol–water partition coefficient (Wildman–Crippen LogP) is -1.14. The summed E-state index contributed by atoms with van der Waals surface area (Å²) in [6.45, 7) is 5.44. The third-order valence-corrected chi connectivity index (χ3v) is 3.78. The Morgan fingerprint density at radius 1 is 1.24 bits per heavy atom. The Kier molecular flexibility index (Phi) is 4.57. The number of quaternary nitrogens is 1. The lowest BCUT2D eigenvalue weighted by Crippen LogP contribution is -3.14. The van der Waals surface area contributed by atoms with Crippen molar-refractivity contribution < 1.29 is 23.9 Å². The van der Waals surface area contributed by atoms with Gasteiger partial charge in [-0.05, 0) is 12.1 Å². The Hall–Kier alpha value is -1.79. The molecule has 1 amide bonds. The molecule has 0 spiro atoms. The molecule has 1 aromatic rings. The van der Waals surface area contributed by atoms with Gasteiger partial charge in [0.15, 0.2) is 11.5 Å². The highest BCUT2D eigenvalue weighted by atomic mass is 16.6. The largest absolute Gasteiger partial charge is 0.485 e. The van der Waals surface area contributed by atoms with E-state index >= 15 is 0 Å². The van der Waals surface area contributed by atoms with Crippen molar-refractivity contribution in [2.24, 2.45) is 0 Å². The number of carbonyl (C=O) groups excluding carboxylic acids is 1. The number of nitrogens with one attached hydrogen (secondary N) is 2. The smallest absolute Gasteiger partial charge is 0.264 e. The second-order valence-corrected chi connectivity index (χ2v) is 5.27. The summed E-state index contributed by atoms with van der Waals surface area (Å²) >= 11 is 0. The number of rotatable bonds is 4. The van der Waals surface area contributed by atoms with Crippen LogP contribution in [-0.4, -0.2) is 58.0 Å². The molecule has 2 aliphatic heterocycles. The lowest BCUT2D eigenvalue weighted by atomic mass is 10.2. The van der Waals surface area contributed by atoms with Crippen molar-refractivity contribution in [3.05, 3.63) is 24.3 Å². The Morgan fingerprint density at radius 2 is 2.00 bits per heavy atom. The molecule has 0 aromatic heterocycles. The van der Waals surface area contributed by atoms with Crippen molar-refractivity contribution in [3.63, 3.8) is 0 Å². The highest BCUT2D eigenvalue weighted by molar-refractivity contribution is 5.81. The van der Waals surface area contributed by atoms with Crippen LogP contribution in [0, 0.1) is 0 Å². The molecule has 21 heavy (non-hydrogen) atoms. The fourth-order valence-electron chi connectivity index (χ4n) is 2.54. The van der Waals surface area contributed by atoms with E-state index in [4.69, 9.17) is 14.2 Å². The molecule has 0 unspecified atom stereocenters. The third kappa shape index (κ3) is 3.65. The van der Waals surface area contributed by atoms with Crippen molar-refractivity contribution in [2.75, 3.05) is 46.0 Å². The van der Waals surface area contributed by atoms with E-state index in [0.29, 0.717) is 18.0 Å². The first-order chi connectivity index (χ1) is 10.3. The number of hydrogen-bond acceptors (Lipinski definition) is 4. The van der Waals surface area contributed by atoms with Gasteiger partial charge in [0.05, 0.1) is 26.3 Å². The summed E-state index contributed by atoms with van der Waals surface area (Å²) in [7, 11) is 0. The van der Waals surface area contributed by atoms with E-state index in [-0.39, 0.29) is 12.5 Å². The number of fused-ring (bicyclic) bond motifs is 1. The summed E-state index contributed by atoms with van der Waals surface area (Å²) in [4.78, 5) is 13.6. The molecule has 1 saturated heterocycles. The molecule has 0 radical (unpaired) electrons. The van der Waals surface area contributed by atoms with E-state index in [9.17, 15) is 4.79 Å². The van der Waals surface area contributed by atoms with Crippen LogP contribution < -0.4 is 19.7 Å². The van der Waals surface area contributed by atoms with Gasteiger partial charge in [0, 0.05) is 0 Å². The van der Waals surface area contributed by atoms with Crippen LogP contribution in [0.3, 0.4) is 0 Å². The molecule has 1 atom stereocenters. The average Bonchev–Trinajstić information content (AvgIpc) is 2.55. The maximum atomic E-state index is 12.1. The van der Waals surface area contributed by atoms with Crippen LogP contribution in [0.5, 0.6) is 11.5 Å². The lowest BCUT2D eigenvalue weighted by Gasteiger charge is -2.26. The zero-order valence-electron chi connectivity index (χ0n) is 12.0. The van der Waals surface area contributed by atoms with Gasteiger partial charge in [0.1, 0.15) is 19.7 Å². The van der Waals surface area contributed by atoms with Crippen LogP contribution in [0.2, 0.25) is 0 Å². The van der Waals surface area contributed by atoms with Crippen molar-refractivity contribution >= 4 is 5.91 Å². The fraction of sp³-hybridized carbons (Fsp3) is 0.533. The Morgan fingerprint density at radius 3 is 2.81 bits per heavy atom. The zero-order chi connectivity index (χ0) is 14.5. The van der Waals surface area contributed by atoms with Gasteiger partial charge in [-0.1, -0.05) is 12.1 Å². The number of hydrogen-bond donors (Lipinski definition) is 2. The van der Waals surface area contributed by atoms with Gasteiger partial charge in [-0.3, -0.25) is 4.79 Å². The fourth-order valence-corrected chi connectivity index (χ4v) is 2.54. The molecule has 1 fully saturated rings. The Labute approximate surface area is 124 Å². The molecule has 2 heterocycles. The molecule has 0 saturated carbocycles. The Bertz CT molecular complexity index is 488. The topological polar surface area (TPSA) is 61.2 Å². The van der Waals surface area contributed by atoms with Crippen LogP contribution >= 0.6 is 0 Å². The van der Waals surface area contributed by atoms with Crippen LogP contribution in [-0.2, 0) is 9.53 Å². The van der Waals surface area contributed by atoms with Crippen molar-refractivity contribution in [1.29, 1.82) is 0 Å². The summed E-state index contributed by atoms with van der Waals surface area (Å²) in [5, 5.41) is 2.92. The number of benzene rings is 1. The SMILES string of the molecule is O=C(NCC[NH+]1CCOCC1)[C@@H]1COc2ccccc2O1. The molecule has 2 N–H and O–H groups in total. The molecule has 114 valence electrons. The molecule has 0 bridgehead atoms. The molecule has 0 aliphatic carbocycles. The quantitative estimate of drug-likeness (QED) is 0.736. The van der Waals surface area contributed by atoms with E-state index in [1.165, 1.54) is 4.90 Å². The van der Waals surface area contributed by atoms with Crippen LogP contribution in [0.15, 0.2) is 24.3 Å². The number of morpholine rings is 1. The zero-order valence-corrected chi connectivity index (χ0v) is 12.0. The van der Waals surface area contributed by atoms with Crippen LogP contribution in [0.4, 0.5) is 0 Å². The summed E-state index contributed by atoms with van der Waals surface area (Å²) in [6, 6.07) is 7.40. The molecule has 2 aliphatic rings. The molecule has 1 aromatic carbocycles. The van der Waals surface area contributed by atoms with Crippen molar-refractivity contribution in [1.82, 2.24) is 5.32 Å². The second-order valence-electron chi connectivity index (χ2n) is 5.27. The first kappa shape index (κ1) is 14.2. The lowest BCUT2D eigenvalue weighted by molar-refractivity contribution is -0.906. The number of amides is 1. The van der Waals surface area contributed by atoms with Gasteiger partial charge in [0.25, 0.3) is 5.91 Å². The minimum atomic E-state index is -0.570. The van der Waals surface area contributed by atoms with Gasteiger partial charge >= 0.3 is 0 Å². The highest BCUT2D eigenvalue weighted by Crippen LogP contribution is 2.30. The third-order valence-electron chi connectivity index (χ3n) is 3.78. The summed E-state index contributed by atoms with van der Waals surface area (Å²) in [6.07, 6.45) is -0.570. The summed E-state index contributed by atoms with van der Waals surface area (Å²) < 4.78 is 16.5.